The Morgan fingerprint density at radius 2 is 2.06 bits per heavy atom. The highest BCUT2D eigenvalue weighted by Crippen LogP contribution is 2.29. The SMILES string of the molecule is CC(C)C(=O)N1CCc2cc(C(N)=O)ccc21. The third kappa shape index (κ3) is 2.02. The van der Waals surface area contributed by atoms with Gasteiger partial charge in [-0.15, -0.1) is 0 Å². The number of hydrogen-bond donors (Lipinski definition) is 1. The Balaban J connectivity index is 2.34. The average Bonchev–Trinajstić information content (AvgIpc) is 2.70. The van der Waals surface area contributed by atoms with Crippen molar-refractivity contribution in [1.29, 1.82) is 0 Å². The molecule has 0 radical (unpaired) electrons. The molecule has 0 fully saturated rings. The first kappa shape index (κ1) is 11.6. The van der Waals surface area contributed by atoms with E-state index >= 15 is 0 Å². The van der Waals surface area contributed by atoms with E-state index in [1.54, 1.807) is 17.0 Å². The summed E-state index contributed by atoms with van der Waals surface area (Å²) in [6, 6.07) is 5.26. The van der Waals surface area contributed by atoms with Crippen LogP contribution >= 0.6 is 0 Å². The summed E-state index contributed by atoms with van der Waals surface area (Å²) >= 11 is 0. The Morgan fingerprint density at radius 1 is 1.35 bits per heavy atom. The van der Waals surface area contributed by atoms with Gasteiger partial charge in [0.1, 0.15) is 0 Å². The molecule has 0 saturated heterocycles. The number of nitrogens with zero attached hydrogens (tertiary/aromatic N) is 1. The zero-order valence-electron chi connectivity index (χ0n) is 10.1. The Morgan fingerprint density at radius 3 is 2.65 bits per heavy atom. The first-order valence-corrected chi connectivity index (χ1v) is 5.75. The van der Waals surface area contributed by atoms with E-state index in [0.717, 1.165) is 17.7 Å². The average molecular weight is 232 g/mol. The van der Waals surface area contributed by atoms with E-state index in [0.29, 0.717) is 12.1 Å². The lowest BCUT2D eigenvalue weighted by Crippen LogP contribution is -2.32. The van der Waals surface area contributed by atoms with Crippen LogP contribution in [0.2, 0.25) is 0 Å². The Bertz CT molecular complexity index is 480. The lowest BCUT2D eigenvalue weighted by Gasteiger charge is -2.19. The summed E-state index contributed by atoms with van der Waals surface area (Å²) in [4.78, 5) is 24.8. The van der Waals surface area contributed by atoms with Gasteiger partial charge in [-0.1, -0.05) is 13.8 Å². The highest BCUT2D eigenvalue weighted by atomic mass is 16.2. The van der Waals surface area contributed by atoms with Gasteiger partial charge in [0.05, 0.1) is 0 Å². The maximum absolute atomic E-state index is 12.0. The lowest BCUT2D eigenvalue weighted by atomic mass is 10.1. The zero-order valence-corrected chi connectivity index (χ0v) is 10.1. The number of benzene rings is 1. The normalized spacial score (nSPS) is 13.9. The summed E-state index contributed by atoms with van der Waals surface area (Å²) in [5.74, 6) is -0.325. The van der Waals surface area contributed by atoms with Gasteiger partial charge in [0.2, 0.25) is 11.8 Å². The van der Waals surface area contributed by atoms with E-state index in [2.05, 4.69) is 0 Å². The fourth-order valence-electron chi connectivity index (χ4n) is 2.10. The van der Waals surface area contributed by atoms with Crippen molar-refractivity contribution in [1.82, 2.24) is 0 Å². The van der Waals surface area contributed by atoms with Crippen LogP contribution in [-0.4, -0.2) is 18.4 Å². The third-order valence-corrected chi connectivity index (χ3v) is 3.02. The molecule has 0 saturated carbocycles. The van der Waals surface area contributed by atoms with Crippen LogP contribution in [-0.2, 0) is 11.2 Å². The van der Waals surface area contributed by atoms with Gasteiger partial charge in [-0.05, 0) is 30.2 Å². The van der Waals surface area contributed by atoms with E-state index in [4.69, 9.17) is 5.73 Å². The van der Waals surface area contributed by atoms with E-state index < -0.39 is 5.91 Å². The van der Waals surface area contributed by atoms with Crippen molar-refractivity contribution in [2.75, 3.05) is 11.4 Å². The minimum Gasteiger partial charge on any atom is -0.366 e. The van der Waals surface area contributed by atoms with E-state index in [1.807, 2.05) is 19.9 Å². The second kappa shape index (κ2) is 4.20. The Kier molecular flexibility index (Phi) is 2.88. The largest absolute Gasteiger partial charge is 0.366 e. The maximum Gasteiger partial charge on any atom is 0.248 e. The molecule has 90 valence electrons. The van der Waals surface area contributed by atoms with Gasteiger partial charge in [-0.25, -0.2) is 0 Å². The summed E-state index contributed by atoms with van der Waals surface area (Å²) < 4.78 is 0. The number of rotatable bonds is 2. The molecule has 2 amide bonds. The maximum atomic E-state index is 12.0. The molecule has 1 heterocycles. The van der Waals surface area contributed by atoms with Gasteiger partial charge in [0.25, 0.3) is 0 Å². The molecule has 1 aliphatic rings. The Labute approximate surface area is 100 Å². The summed E-state index contributed by atoms with van der Waals surface area (Å²) in [6.07, 6.45) is 0.787. The first-order chi connectivity index (χ1) is 8.00. The van der Waals surface area contributed by atoms with Crippen molar-refractivity contribution in [3.8, 4) is 0 Å². The van der Waals surface area contributed by atoms with Crippen LogP contribution < -0.4 is 10.6 Å². The molecule has 0 aromatic heterocycles. The van der Waals surface area contributed by atoms with Gasteiger partial charge < -0.3 is 10.6 Å². The molecule has 0 aliphatic carbocycles. The van der Waals surface area contributed by atoms with Gasteiger partial charge >= 0.3 is 0 Å². The molecule has 1 aromatic rings. The molecule has 0 unspecified atom stereocenters. The predicted octanol–water partition coefficient (Wildman–Crippen LogP) is 1.33. The number of amides is 2. The molecule has 4 heteroatoms. The van der Waals surface area contributed by atoms with Gasteiger partial charge in [-0.2, -0.15) is 0 Å². The molecule has 17 heavy (non-hydrogen) atoms. The minimum absolute atomic E-state index is 0.0169. The Hall–Kier alpha value is -1.84. The molecule has 2 rings (SSSR count). The molecule has 0 bridgehead atoms. The van der Waals surface area contributed by atoms with Crippen molar-refractivity contribution >= 4 is 17.5 Å². The number of carbonyl (C=O) groups excluding carboxylic acids is 2. The van der Waals surface area contributed by atoms with Crippen molar-refractivity contribution < 1.29 is 9.59 Å². The van der Waals surface area contributed by atoms with Crippen molar-refractivity contribution in [3.05, 3.63) is 29.3 Å². The van der Waals surface area contributed by atoms with E-state index in [-0.39, 0.29) is 11.8 Å². The van der Waals surface area contributed by atoms with Crippen LogP contribution in [0.1, 0.15) is 29.8 Å². The van der Waals surface area contributed by atoms with E-state index in [9.17, 15) is 9.59 Å². The highest BCUT2D eigenvalue weighted by molar-refractivity contribution is 5.98. The zero-order chi connectivity index (χ0) is 12.6. The summed E-state index contributed by atoms with van der Waals surface area (Å²) in [5.41, 5.74) is 7.67. The van der Waals surface area contributed by atoms with E-state index in [1.165, 1.54) is 0 Å². The number of fused-ring (bicyclic) bond motifs is 1. The van der Waals surface area contributed by atoms with Crippen molar-refractivity contribution in [2.45, 2.75) is 20.3 Å². The second-order valence-corrected chi connectivity index (χ2v) is 4.60. The molecular formula is C13H16N2O2. The fourth-order valence-corrected chi connectivity index (χ4v) is 2.10. The quantitative estimate of drug-likeness (QED) is 0.836. The number of primary amides is 1. The van der Waals surface area contributed by atoms with Gasteiger partial charge in [0.15, 0.2) is 0 Å². The topological polar surface area (TPSA) is 63.4 Å². The summed E-state index contributed by atoms with van der Waals surface area (Å²) in [6.45, 7) is 4.46. The number of carbonyl (C=O) groups is 2. The van der Waals surface area contributed by atoms with Gasteiger partial charge in [-0.3, -0.25) is 9.59 Å². The molecule has 1 aliphatic heterocycles. The molecule has 2 N–H and O–H groups in total. The number of nitrogens with two attached hydrogens (primary N) is 1. The van der Waals surface area contributed by atoms with Crippen molar-refractivity contribution in [3.63, 3.8) is 0 Å². The standard InChI is InChI=1S/C13H16N2O2/c1-8(2)13(17)15-6-5-9-7-10(12(14)16)3-4-11(9)15/h3-4,7-8H,5-6H2,1-2H3,(H2,14,16). The van der Waals surface area contributed by atoms with Gasteiger partial charge in [0, 0.05) is 23.7 Å². The van der Waals surface area contributed by atoms with Crippen LogP contribution in [0.25, 0.3) is 0 Å². The first-order valence-electron chi connectivity index (χ1n) is 5.75. The molecule has 1 aromatic carbocycles. The fraction of sp³-hybridized carbons (Fsp3) is 0.385. The van der Waals surface area contributed by atoms with Crippen LogP contribution in [0.3, 0.4) is 0 Å². The molecule has 0 atom stereocenters. The molecule has 4 nitrogen and oxygen atoms in total. The van der Waals surface area contributed by atoms with Crippen LogP contribution in [0.5, 0.6) is 0 Å². The summed E-state index contributed by atoms with van der Waals surface area (Å²) in [7, 11) is 0. The van der Waals surface area contributed by atoms with Crippen molar-refractivity contribution in [2.24, 2.45) is 11.7 Å². The second-order valence-electron chi connectivity index (χ2n) is 4.60. The molecule has 0 spiro atoms. The van der Waals surface area contributed by atoms with Crippen LogP contribution in [0.15, 0.2) is 18.2 Å². The minimum atomic E-state index is -0.429. The highest BCUT2D eigenvalue weighted by Gasteiger charge is 2.26. The molecular weight excluding hydrogens is 216 g/mol. The van der Waals surface area contributed by atoms with Crippen LogP contribution in [0.4, 0.5) is 5.69 Å². The van der Waals surface area contributed by atoms with Crippen LogP contribution in [0, 0.1) is 5.92 Å². The smallest absolute Gasteiger partial charge is 0.248 e. The number of hydrogen-bond acceptors (Lipinski definition) is 2. The summed E-state index contributed by atoms with van der Waals surface area (Å²) in [5, 5.41) is 0. The predicted molar refractivity (Wildman–Crippen MR) is 65.9 cm³/mol. The monoisotopic (exact) mass is 232 g/mol. The lowest BCUT2D eigenvalue weighted by molar-refractivity contribution is -0.121. The third-order valence-electron chi connectivity index (χ3n) is 3.02. The number of anilines is 1.